The van der Waals surface area contributed by atoms with E-state index in [2.05, 4.69) is 4.98 Å². The van der Waals surface area contributed by atoms with Crippen molar-refractivity contribution < 1.29 is 14.3 Å². The third kappa shape index (κ3) is 1.72. The summed E-state index contributed by atoms with van der Waals surface area (Å²) in [6.45, 7) is 1.65. The van der Waals surface area contributed by atoms with E-state index in [9.17, 15) is 0 Å². The summed E-state index contributed by atoms with van der Waals surface area (Å²) >= 11 is 0. The van der Waals surface area contributed by atoms with Gasteiger partial charge in [-0.1, -0.05) is 0 Å². The van der Waals surface area contributed by atoms with Crippen molar-refractivity contribution in [2.45, 2.75) is 25.5 Å². The van der Waals surface area contributed by atoms with Crippen molar-refractivity contribution >= 4 is 6.21 Å². The maximum absolute atomic E-state index is 5.60. The molecule has 4 heteroatoms. The SMILES string of the molecule is C(/[C@@H]1CCCO1)=[N+]1\Cc2ccncc2O1. The number of pyridine rings is 1. The molecule has 3 heterocycles. The average molecular weight is 205 g/mol. The molecule has 15 heavy (non-hydrogen) atoms. The maximum Gasteiger partial charge on any atom is 0.231 e. The first-order chi connectivity index (χ1) is 7.42. The Morgan fingerprint density at radius 1 is 1.53 bits per heavy atom. The predicted molar refractivity (Wildman–Crippen MR) is 53.9 cm³/mol. The lowest BCUT2D eigenvalue weighted by atomic mass is 10.2. The summed E-state index contributed by atoms with van der Waals surface area (Å²) in [4.78, 5) is 9.63. The van der Waals surface area contributed by atoms with E-state index in [0.29, 0.717) is 0 Å². The van der Waals surface area contributed by atoms with Gasteiger partial charge in [0.05, 0.1) is 11.8 Å². The molecule has 2 aliphatic heterocycles. The molecule has 0 spiro atoms. The topological polar surface area (TPSA) is 34.4 Å². The molecule has 0 N–H and O–H groups in total. The van der Waals surface area contributed by atoms with Crippen LogP contribution >= 0.6 is 0 Å². The number of fused-ring (bicyclic) bond motifs is 1. The summed E-state index contributed by atoms with van der Waals surface area (Å²) in [6.07, 6.45) is 8.01. The molecule has 0 unspecified atom stereocenters. The fourth-order valence-electron chi connectivity index (χ4n) is 1.94. The summed E-state index contributed by atoms with van der Waals surface area (Å²) in [5.41, 5.74) is 1.18. The first-order valence-corrected chi connectivity index (χ1v) is 5.26. The molecule has 0 aromatic carbocycles. The molecule has 0 saturated carbocycles. The second kappa shape index (κ2) is 3.62. The van der Waals surface area contributed by atoms with Crippen molar-refractivity contribution in [3.8, 4) is 5.75 Å². The highest BCUT2D eigenvalue weighted by Gasteiger charge is 2.27. The maximum atomic E-state index is 5.60. The van der Waals surface area contributed by atoms with Crippen molar-refractivity contribution in [1.29, 1.82) is 0 Å². The van der Waals surface area contributed by atoms with E-state index < -0.39 is 0 Å². The van der Waals surface area contributed by atoms with E-state index >= 15 is 0 Å². The fraction of sp³-hybridized carbons (Fsp3) is 0.455. The molecule has 1 saturated heterocycles. The number of nitrogens with zero attached hydrogens (tertiary/aromatic N) is 2. The normalized spacial score (nSPS) is 26.7. The van der Waals surface area contributed by atoms with Gasteiger partial charge in [-0.15, -0.1) is 0 Å². The van der Waals surface area contributed by atoms with Crippen molar-refractivity contribution in [3.05, 3.63) is 24.0 Å². The molecule has 0 amide bonds. The zero-order valence-corrected chi connectivity index (χ0v) is 8.43. The number of rotatable bonds is 1. The van der Waals surface area contributed by atoms with Gasteiger partial charge >= 0.3 is 0 Å². The van der Waals surface area contributed by atoms with Crippen LogP contribution in [0.15, 0.2) is 18.5 Å². The molecule has 1 aromatic heterocycles. The molecular weight excluding hydrogens is 192 g/mol. The lowest BCUT2D eigenvalue weighted by Gasteiger charge is -1.97. The van der Waals surface area contributed by atoms with Crippen LogP contribution in [0.3, 0.4) is 0 Å². The Morgan fingerprint density at radius 3 is 3.33 bits per heavy atom. The highest BCUT2D eigenvalue weighted by atomic mass is 16.7. The average Bonchev–Trinajstić information content (AvgIpc) is 2.86. The summed E-state index contributed by atoms with van der Waals surface area (Å²) in [7, 11) is 0. The van der Waals surface area contributed by atoms with Gasteiger partial charge in [0.15, 0.2) is 0 Å². The zero-order valence-electron chi connectivity index (χ0n) is 8.43. The third-order valence-electron chi connectivity index (χ3n) is 2.71. The molecule has 1 fully saturated rings. The molecule has 0 radical (unpaired) electrons. The first-order valence-electron chi connectivity index (χ1n) is 5.26. The van der Waals surface area contributed by atoms with Crippen molar-refractivity contribution in [3.63, 3.8) is 0 Å². The summed E-state index contributed by atoms with van der Waals surface area (Å²) in [5, 5.41) is 0. The van der Waals surface area contributed by atoms with Gasteiger partial charge in [-0.25, -0.2) is 4.84 Å². The number of hydrogen-bond donors (Lipinski definition) is 0. The minimum atomic E-state index is 0.215. The van der Waals surface area contributed by atoms with Crippen LogP contribution in [0.5, 0.6) is 5.75 Å². The van der Waals surface area contributed by atoms with E-state index in [1.165, 1.54) is 5.56 Å². The van der Waals surface area contributed by atoms with Gasteiger partial charge in [0.25, 0.3) is 0 Å². The Labute approximate surface area is 88.1 Å². The van der Waals surface area contributed by atoms with Crippen LogP contribution in [0.4, 0.5) is 0 Å². The fourth-order valence-corrected chi connectivity index (χ4v) is 1.94. The molecule has 0 aliphatic carbocycles. The van der Waals surface area contributed by atoms with Gasteiger partial charge < -0.3 is 4.74 Å². The second-order valence-corrected chi connectivity index (χ2v) is 3.85. The van der Waals surface area contributed by atoms with Gasteiger partial charge in [-0.2, -0.15) is 0 Å². The lowest BCUT2D eigenvalue weighted by Crippen LogP contribution is -2.19. The molecule has 78 valence electrons. The van der Waals surface area contributed by atoms with Crippen LogP contribution in [0.2, 0.25) is 0 Å². The van der Waals surface area contributed by atoms with Crippen LogP contribution in [-0.2, 0) is 11.3 Å². The van der Waals surface area contributed by atoms with Gasteiger partial charge in [0, 0.05) is 12.8 Å². The smallest absolute Gasteiger partial charge is 0.231 e. The quantitative estimate of drug-likeness (QED) is 0.645. The number of aromatic nitrogens is 1. The minimum absolute atomic E-state index is 0.215. The van der Waals surface area contributed by atoms with Gasteiger partial charge in [0.1, 0.15) is 6.10 Å². The summed E-state index contributed by atoms with van der Waals surface area (Å²) < 4.78 is 7.36. The lowest BCUT2D eigenvalue weighted by molar-refractivity contribution is -0.742. The van der Waals surface area contributed by atoms with Crippen LogP contribution in [0.25, 0.3) is 0 Å². The van der Waals surface area contributed by atoms with E-state index in [4.69, 9.17) is 9.57 Å². The number of hydrogen-bond acceptors (Lipinski definition) is 3. The number of ether oxygens (including phenoxy) is 1. The van der Waals surface area contributed by atoms with Crippen LogP contribution in [0, 0.1) is 0 Å². The Morgan fingerprint density at radius 2 is 2.53 bits per heavy atom. The van der Waals surface area contributed by atoms with Crippen molar-refractivity contribution in [2.75, 3.05) is 6.61 Å². The van der Waals surface area contributed by atoms with E-state index in [1.54, 1.807) is 12.4 Å². The Bertz CT molecular complexity index is 370. The Balaban J connectivity index is 1.77. The molecule has 3 rings (SSSR count). The second-order valence-electron chi connectivity index (χ2n) is 3.85. The monoisotopic (exact) mass is 205 g/mol. The highest BCUT2D eigenvalue weighted by molar-refractivity contribution is 5.58. The molecule has 1 atom stereocenters. The van der Waals surface area contributed by atoms with Gasteiger partial charge in [0.2, 0.25) is 18.5 Å². The number of hydroxylamine groups is 1. The summed E-state index contributed by atoms with van der Waals surface area (Å²) in [6, 6.07) is 1.98. The highest BCUT2D eigenvalue weighted by Crippen LogP contribution is 2.23. The third-order valence-corrected chi connectivity index (χ3v) is 2.71. The molecule has 4 nitrogen and oxygen atoms in total. The Kier molecular flexibility index (Phi) is 2.14. The standard InChI is InChI=1S/C11H13N2O2/c1-2-10(14-5-1)8-13-7-9-3-4-12-6-11(9)15-13/h3-4,6,8,10H,1-2,5,7H2/q+1/b13-8-/t10-/m0/s1. The minimum Gasteiger partial charge on any atom is -0.368 e. The summed E-state index contributed by atoms with van der Waals surface area (Å²) in [5.74, 6) is 0.853. The first kappa shape index (κ1) is 8.85. The van der Waals surface area contributed by atoms with Gasteiger partial charge in [-0.3, -0.25) is 4.98 Å². The van der Waals surface area contributed by atoms with Crippen molar-refractivity contribution in [1.82, 2.24) is 4.98 Å². The van der Waals surface area contributed by atoms with Crippen molar-refractivity contribution in [2.24, 2.45) is 0 Å². The van der Waals surface area contributed by atoms with E-state index in [0.717, 1.165) is 31.7 Å². The molecule has 2 aliphatic rings. The predicted octanol–water partition coefficient (Wildman–Crippen LogP) is 1.15. The van der Waals surface area contributed by atoms with E-state index in [-0.39, 0.29) is 6.10 Å². The molecule has 1 aromatic rings. The zero-order chi connectivity index (χ0) is 10.1. The molecule has 0 bridgehead atoms. The van der Waals surface area contributed by atoms with Crippen LogP contribution in [-0.4, -0.2) is 28.6 Å². The van der Waals surface area contributed by atoms with E-state index in [1.807, 2.05) is 17.0 Å². The van der Waals surface area contributed by atoms with Crippen LogP contribution < -0.4 is 4.84 Å². The largest absolute Gasteiger partial charge is 0.368 e. The Hall–Kier alpha value is -1.42. The van der Waals surface area contributed by atoms with Crippen LogP contribution in [0.1, 0.15) is 18.4 Å². The molecular formula is C11H13N2O2+. The van der Waals surface area contributed by atoms with Gasteiger partial charge in [-0.05, 0) is 23.6 Å².